The molecule has 3 aromatic rings. The molecular weight excluding hydrogens is 527 g/mol. The molecule has 5 nitrogen and oxygen atoms in total. The summed E-state index contributed by atoms with van der Waals surface area (Å²) in [5, 5.41) is 6.16. The van der Waals surface area contributed by atoms with Crippen LogP contribution in [-0.2, 0) is 11.4 Å². The average Bonchev–Trinajstić information content (AvgIpc) is 3.08. The van der Waals surface area contributed by atoms with Gasteiger partial charge in [-0.2, -0.15) is 10.1 Å². The topological polar surface area (TPSA) is 59.0 Å². The average molecular weight is 544 g/mol. The van der Waals surface area contributed by atoms with Gasteiger partial charge in [0.25, 0.3) is 11.8 Å². The summed E-state index contributed by atoms with van der Waals surface area (Å²) < 4.78 is 6.58. The third-order valence-electron chi connectivity index (χ3n) is 4.94. The van der Waals surface area contributed by atoms with E-state index in [4.69, 9.17) is 27.9 Å². The van der Waals surface area contributed by atoms with Crippen LogP contribution in [0.15, 0.2) is 81.9 Å². The van der Waals surface area contributed by atoms with Gasteiger partial charge in [0.05, 0.1) is 15.8 Å². The number of imide groups is 1. The van der Waals surface area contributed by atoms with Crippen LogP contribution in [0.1, 0.15) is 28.4 Å². The van der Waals surface area contributed by atoms with Crippen molar-refractivity contribution in [2.45, 2.75) is 13.5 Å². The molecule has 0 saturated carbocycles. The first-order valence-electron chi connectivity index (χ1n) is 9.91. The van der Waals surface area contributed by atoms with Crippen LogP contribution in [0.25, 0.3) is 6.08 Å². The number of ether oxygens (including phenoxy) is 1. The van der Waals surface area contributed by atoms with E-state index in [0.29, 0.717) is 37.1 Å². The molecule has 3 aromatic carbocycles. The Labute approximate surface area is 209 Å². The third-order valence-corrected chi connectivity index (χ3v) is 6.15. The van der Waals surface area contributed by atoms with E-state index in [1.807, 2.05) is 18.2 Å². The monoisotopic (exact) mass is 542 g/mol. The van der Waals surface area contributed by atoms with E-state index >= 15 is 0 Å². The Kier molecular flexibility index (Phi) is 6.98. The van der Waals surface area contributed by atoms with Crippen LogP contribution < -0.4 is 4.74 Å². The number of halogens is 3. The van der Waals surface area contributed by atoms with Crippen molar-refractivity contribution < 1.29 is 14.3 Å². The highest BCUT2D eigenvalue weighted by Crippen LogP contribution is 2.30. The maximum atomic E-state index is 12.9. The Morgan fingerprint density at radius 1 is 1.09 bits per heavy atom. The fourth-order valence-electron chi connectivity index (χ4n) is 3.21. The van der Waals surface area contributed by atoms with Crippen LogP contribution in [0.4, 0.5) is 0 Å². The first-order chi connectivity index (χ1) is 15.8. The maximum absolute atomic E-state index is 12.9. The van der Waals surface area contributed by atoms with Crippen LogP contribution in [0, 0.1) is 0 Å². The molecule has 0 bridgehead atoms. The molecule has 2 amide bonds. The minimum absolute atomic E-state index is 0.274. The summed E-state index contributed by atoms with van der Waals surface area (Å²) in [7, 11) is 0. The van der Waals surface area contributed by atoms with E-state index < -0.39 is 11.8 Å². The molecule has 1 aliphatic rings. The van der Waals surface area contributed by atoms with Crippen molar-refractivity contribution in [3.63, 3.8) is 0 Å². The lowest BCUT2D eigenvalue weighted by Crippen LogP contribution is -2.29. The van der Waals surface area contributed by atoms with E-state index in [1.165, 1.54) is 0 Å². The van der Waals surface area contributed by atoms with Crippen molar-refractivity contribution >= 4 is 62.7 Å². The van der Waals surface area contributed by atoms with Crippen molar-refractivity contribution in [1.82, 2.24) is 5.01 Å². The number of amides is 2. The molecule has 0 spiro atoms. The fourth-order valence-corrected chi connectivity index (χ4v) is 4.18. The predicted octanol–water partition coefficient (Wildman–Crippen LogP) is 6.78. The molecule has 0 aromatic heterocycles. The molecule has 0 aliphatic carbocycles. The Bertz CT molecular complexity index is 1310. The van der Waals surface area contributed by atoms with Gasteiger partial charge in [-0.1, -0.05) is 53.5 Å². The molecule has 0 unspecified atom stereocenters. The van der Waals surface area contributed by atoms with Crippen molar-refractivity contribution in [3.8, 4) is 5.75 Å². The summed E-state index contributed by atoms with van der Waals surface area (Å²) in [4.78, 5) is 25.5. The quantitative estimate of drug-likeness (QED) is 0.263. The van der Waals surface area contributed by atoms with Gasteiger partial charge in [-0.15, -0.1) is 0 Å². The van der Waals surface area contributed by atoms with E-state index in [2.05, 4.69) is 21.0 Å². The highest BCUT2D eigenvalue weighted by atomic mass is 79.9. The number of carbonyl (C=O) groups is 2. The minimum atomic E-state index is -0.464. The summed E-state index contributed by atoms with van der Waals surface area (Å²) in [6.45, 7) is 1.97. The van der Waals surface area contributed by atoms with Gasteiger partial charge in [-0.05, 0) is 70.9 Å². The van der Waals surface area contributed by atoms with Crippen molar-refractivity contribution in [1.29, 1.82) is 0 Å². The Hall–Kier alpha value is -2.93. The largest absolute Gasteiger partial charge is 0.488 e. The first-order valence-corrected chi connectivity index (χ1v) is 11.5. The molecule has 8 heteroatoms. The van der Waals surface area contributed by atoms with Gasteiger partial charge in [0.15, 0.2) is 0 Å². The van der Waals surface area contributed by atoms with Gasteiger partial charge in [0.2, 0.25) is 0 Å². The molecule has 0 fully saturated rings. The third kappa shape index (κ3) is 5.19. The summed E-state index contributed by atoms with van der Waals surface area (Å²) in [6.07, 6.45) is 1.70. The molecule has 166 valence electrons. The number of nitrogens with zero attached hydrogens (tertiary/aromatic N) is 2. The second-order valence-electron chi connectivity index (χ2n) is 7.25. The maximum Gasteiger partial charge on any atom is 0.283 e. The molecule has 4 rings (SSSR count). The molecule has 0 N–H and O–H groups in total. The van der Waals surface area contributed by atoms with Crippen molar-refractivity contribution in [2.24, 2.45) is 5.10 Å². The van der Waals surface area contributed by atoms with Gasteiger partial charge >= 0.3 is 0 Å². The normalized spacial score (nSPS) is 14.5. The molecule has 1 aliphatic heterocycles. The van der Waals surface area contributed by atoms with Crippen LogP contribution >= 0.6 is 39.1 Å². The standard InChI is InChI=1S/C25H17BrCl2N2O3/c1-15-20(25(32)30(29-15)24(31)17-5-3-2-4-6-17)11-16-7-10-23(21(26)12-16)33-14-18-8-9-19(27)13-22(18)28/h2-13H,14H2,1H3/b20-11+. The summed E-state index contributed by atoms with van der Waals surface area (Å²) in [6, 6.07) is 19.2. The number of carbonyl (C=O) groups excluding carboxylic acids is 2. The highest BCUT2D eigenvalue weighted by Gasteiger charge is 2.32. The van der Waals surface area contributed by atoms with Gasteiger partial charge in [0.1, 0.15) is 12.4 Å². The van der Waals surface area contributed by atoms with Gasteiger partial charge in [-0.3, -0.25) is 9.59 Å². The van der Waals surface area contributed by atoms with Crippen molar-refractivity contribution in [2.75, 3.05) is 0 Å². The van der Waals surface area contributed by atoms with Gasteiger partial charge < -0.3 is 4.74 Å². The molecular formula is C25H17BrCl2N2O3. The Morgan fingerprint density at radius 3 is 2.55 bits per heavy atom. The lowest BCUT2D eigenvalue weighted by atomic mass is 10.1. The zero-order valence-electron chi connectivity index (χ0n) is 17.4. The van der Waals surface area contributed by atoms with E-state index in [0.717, 1.165) is 16.1 Å². The van der Waals surface area contributed by atoms with Crippen LogP contribution in [0.5, 0.6) is 5.75 Å². The van der Waals surface area contributed by atoms with E-state index in [9.17, 15) is 9.59 Å². The Balaban J connectivity index is 1.50. The summed E-state index contributed by atoms with van der Waals surface area (Å²) in [5.74, 6) is -0.309. The summed E-state index contributed by atoms with van der Waals surface area (Å²) in [5.41, 5.74) is 2.79. The second kappa shape index (κ2) is 9.91. The van der Waals surface area contributed by atoms with Crippen LogP contribution in [0.3, 0.4) is 0 Å². The van der Waals surface area contributed by atoms with Crippen LogP contribution in [0.2, 0.25) is 10.0 Å². The van der Waals surface area contributed by atoms with Crippen molar-refractivity contribution in [3.05, 3.63) is 104 Å². The molecule has 0 atom stereocenters. The minimum Gasteiger partial charge on any atom is -0.488 e. The van der Waals surface area contributed by atoms with Gasteiger partial charge in [-0.25, -0.2) is 0 Å². The number of rotatable bonds is 5. The predicted molar refractivity (Wildman–Crippen MR) is 134 cm³/mol. The van der Waals surface area contributed by atoms with E-state index in [-0.39, 0.29) is 6.61 Å². The summed E-state index contributed by atoms with van der Waals surface area (Å²) >= 11 is 15.6. The molecule has 1 heterocycles. The smallest absolute Gasteiger partial charge is 0.283 e. The zero-order chi connectivity index (χ0) is 23.5. The van der Waals surface area contributed by atoms with Crippen LogP contribution in [-0.4, -0.2) is 22.5 Å². The second-order valence-corrected chi connectivity index (χ2v) is 8.94. The lowest BCUT2D eigenvalue weighted by molar-refractivity contribution is -0.123. The zero-order valence-corrected chi connectivity index (χ0v) is 20.5. The molecule has 0 radical (unpaired) electrons. The SMILES string of the molecule is CC1=NN(C(=O)c2ccccc2)C(=O)/C1=C/c1ccc(OCc2ccc(Cl)cc2Cl)c(Br)c1. The first kappa shape index (κ1) is 23.2. The highest BCUT2D eigenvalue weighted by molar-refractivity contribution is 9.10. The Morgan fingerprint density at radius 2 is 1.85 bits per heavy atom. The number of hydrazone groups is 1. The van der Waals surface area contributed by atoms with E-state index in [1.54, 1.807) is 61.5 Å². The number of hydrogen-bond acceptors (Lipinski definition) is 4. The molecule has 0 saturated heterocycles. The number of benzene rings is 3. The molecule has 33 heavy (non-hydrogen) atoms. The lowest BCUT2D eigenvalue weighted by Gasteiger charge is -2.11. The fraction of sp³-hybridized carbons (Fsp3) is 0.0800. The van der Waals surface area contributed by atoms with Gasteiger partial charge in [0, 0.05) is 21.2 Å². The number of hydrogen-bond donors (Lipinski definition) is 0.